The topological polar surface area (TPSA) is 82.0 Å². The summed E-state index contributed by atoms with van der Waals surface area (Å²) in [5.41, 5.74) is 11.4. The average Bonchev–Trinajstić information content (AvgIpc) is 2.18. The van der Waals surface area contributed by atoms with Gasteiger partial charge in [0, 0.05) is 12.6 Å². The molecule has 72 valence electrons. The molecule has 0 radical (unpaired) electrons. The van der Waals surface area contributed by atoms with Crippen LogP contribution in [0.4, 0.5) is 5.82 Å². The summed E-state index contributed by atoms with van der Waals surface area (Å²) in [6.45, 7) is 0. The van der Waals surface area contributed by atoms with E-state index in [2.05, 4.69) is 10.9 Å². The number of nitrogen functional groups attached to an aromatic ring is 1. The Morgan fingerprint density at radius 2 is 2.43 bits per heavy atom. The second-order valence-corrected chi connectivity index (χ2v) is 2.82. The number of Topliss-reactive ketones (excluding diaryl/α,β-unsaturated/α-hetero) is 1. The zero-order valence-corrected chi connectivity index (χ0v) is 7.60. The fourth-order valence-electron chi connectivity index (χ4n) is 1.05. The van der Waals surface area contributed by atoms with E-state index < -0.39 is 6.04 Å². The molecule has 0 aliphatic carbocycles. The molecule has 1 aromatic rings. The molecule has 0 aliphatic rings. The SMILES string of the molecule is C#CCC(N)C(=O)c1cccnc1N. The maximum absolute atomic E-state index is 11.6. The number of rotatable bonds is 3. The van der Waals surface area contributed by atoms with Gasteiger partial charge in [-0.2, -0.15) is 0 Å². The fraction of sp³-hybridized carbons (Fsp3) is 0.200. The van der Waals surface area contributed by atoms with Gasteiger partial charge in [0.2, 0.25) is 0 Å². The zero-order chi connectivity index (χ0) is 10.6. The van der Waals surface area contributed by atoms with Crippen LogP contribution in [0, 0.1) is 12.3 Å². The van der Waals surface area contributed by atoms with E-state index >= 15 is 0 Å². The van der Waals surface area contributed by atoms with Crippen LogP contribution in [0.5, 0.6) is 0 Å². The van der Waals surface area contributed by atoms with Crippen molar-refractivity contribution in [2.75, 3.05) is 5.73 Å². The molecule has 0 amide bonds. The van der Waals surface area contributed by atoms with Crippen molar-refractivity contribution in [3.63, 3.8) is 0 Å². The van der Waals surface area contributed by atoms with Gasteiger partial charge >= 0.3 is 0 Å². The van der Waals surface area contributed by atoms with Crippen LogP contribution in [0.2, 0.25) is 0 Å². The largest absolute Gasteiger partial charge is 0.383 e. The number of nitrogens with two attached hydrogens (primary N) is 2. The number of pyridine rings is 1. The standard InChI is InChI=1S/C10H11N3O/c1-2-4-8(11)9(14)7-5-3-6-13-10(7)12/h1,3,5-6,8H,4,11H2,(H2,12,13). The minimum atomic E-state index is -0.702. The Labute approximate surface area is 82.3 Å². The molecule has 0 bridgehead atoms. The number of hydrogen-bond donors (Lipinski definition) is 2. The average molecular weight is 189 g/mol. The second kappa shape index (κ2) is 4.40. The lowest BCUT2D eigenvalue weighted by atomic mass is 10.0. The minimum absolute atomic E-state index is 0.185. The van der Waals surface area contributed by atoms with E-state index in [0.717, 1.165) is 0 Å². The van der Waals surface area contributed by atoms with Crippen LogP contribution in [-0.4, -0.2) is 16.8 Å². The van der Waals surface area contributed by atoms with Gasteiger partial charge in [-0.3, -0.25) is 4.79 Å². The molecule has 1 unspecified atom stereocenters. The lowest BCUT2D eigenvalue weighted by molar-refractivity contribution is 0.0963. The molecule has 4 nitrogen and oxygen atoms in total. The summed E-state index contributed by atoms with van der Waals surface area (Å²) in [7, 11) is 0. The lowest BCUT2D eigenvalue weighted by Crippen LogP contribution is -2.30. The Morgan fingerprint density at radius 1 is 1.71 bits per heavy atom. The summed E-state index contributed by atoms with van der Waals surface area (Å²) in [6.07, 6.45) is 6.77. The van der Waals surface area contributed by atoms with E-state index in [1.807, 2.05) is 0 Å². The Balaban J connectivity index is 2.91. The number of hydrogen-bond acceptors (Lipinski definition) is 4. The predicted molar refractivity (Wildman–Crippen MR) is 54.4 cm³/mol. The van der Waals surface area contributed by atoms with E-state index in [0.29, 0.717) is 5.56 Å². The monoisotopic (exact) mass is 189 g/mol. The van der Waals surface area contributed by atoms with Gasteiger partial charge in [-0.05, 0) is 12.1 Å². The summed E-state index contributed by atoms with van der Waals surface area (Å²) < 4.78 is 0. The highest BCUT2D eigenvalue weighted by molar-refractivity contribution is 6.03. The molecule has 1 aromatic heterocycles. The first-order valence-electron chi connectivity index (χ1n) is 4.10. The van der Waals surface area contributed by atoms with E-state index in [1.54, 1.807) is 12.1 Å². The highest BCUT2D eigenvalue weighted by Gasteiger charge is 2.17. The molecule has 0 aromatic carbocycles. The van der Waals surface area contributed by atoms with Crippen molar-refractivity contribution < 1.29 is 4.79 Å². The quantitative estimate of drug-likeness (QED) is 0.525. The maximum Gasteiger partial charge on any atom is 0.184 e. The zero-order valence-electron chi connectivity index (χ0n) is 7.60. The van der Waals surface area contributed by atoms with Crippen LogP contribution in [-0.2, 0) is 0 Å². The van der Waals surface area contributed by atoms with Crippen molar-refractivity contribution in [1.29, 1.82) is 0 Å². The van der Waals surface area contributed by atoms with E-state index in [4.69, 9.17) is 17.9 Å². The van der Waals surface area contributed by atoms with Crippen molar-refractivity contribution in [2.45, 2.75) is 12.5 Å². The number of terminal acetylenes is 1. The summed E-state index contributed by atoms with van der Waals surface area (Å²) in [4.78, 5) is 15.4. The van der Waals surface area contributed by atoms with Crippen molar-refractivity contribution in [1.82, 2.24) is 4.98 Å². The van der Waals surface area contributed by atoms with Crippen LogP contribution in [0.15, 0.2) is 18.3 Å². The van der Waals surface area contributed by atoms with Crippen LogP contribution >= 0.6 is 0 Å². The maximum atomic E-state index is 11.6. The molecule has 0 fully saturated rings. The first kappa shape index (κ1) is 10.2. The van der Waals surface area contributed by atoms with Gasteiger partial charge in [0.1, 0.15) is 5.82 Å². The molecular formula is C10H11N3O. The smallest absolute Gasteiger partial charge is 0.184 e. The number of ketones is 1. The Hall–Kier alpha value is -1.86. The first-order chi connectivity index (χ1) is 6.66. The molecule has 4 heteroatoms. The molecule has 0 spiro atoms. The third kappa shape index (κ3) is 2.09. The highest BCUT2D eigenvalue weighted by atomic mass is 16.1. The molecular weight excluding hydrogens is 178 g/mol. The molecule has 0 saturated heterocycles. The molecule has 1 rings (SSSR count). The van der Waals surface area contributed by atoms with Gasteiger partial charge in [0.15, 0.2) is 5.78 Å². The summed E-state index contributed by atoms with van der Waals surface area (Å²) in [6, 6.07) is 2.51. The number of carbonyl (C=O) groups is 1. The molecule has 1 atom stereocenters. The first-order valence-corrected chi connectivity index (χ1v) is 4.10. The fourth-order valence-corrected chi connectivity index (χ4v) is 1.05. The highest BCUT2D eigenvalue weighted by Crippen LogP contribution is 2.10. The van der Waals surface area contributed by atoms with Gasteiger partial charge in [-0.15, -0.1) is 12.3 Å². The Morgan fingerprint density at radius 3 is 3.00 bits per heavy atom. The van der Waals surface area contributed by atoms with E-state index in [1.165, 1.54) is 6.20 Å². The minimum Gasteiger partial charge on any atom is -0.383 e. The van der Waals surface area contributed by atoms with Crippen molar-refractivity contribution in [2.24, 2.45) is 5.73 Å². The van der Waals surface area contributed by atoms with Crippen LogP contribution < -0.4 is 11.5 Å². The Kier molecular flexibility index (Phi) is 3.21. The molecule has 1 heterocycles. The van der Waals surface area contributed by atoms with Crippen molar-refractivity contribution >= 4 is 11.6 Å². The lowest BCUT2D eigenvalue weighted by Gasteiger charge is -2.07. The summed E-state index contributed by atoms with van der Waals surface area (Å²) in [5, 5.41) is 0. The number of nitrogens with zero attached hydrogens (tertiary/aromatic N) is 1. The molecule has 0 saturated carbocycles. The van der Waals surface area contributed by atoms with Crippen LogP contribution in [0.25, 0.3) is 0 Å². The van der Waals surface area contributed by atoms with E-state index in [9.17, 15) is 4.79 Å². The third-order valence-corrected chi connectivity index (χ3v) is 1.78. The van der Waals surface area contributed by atoms with Gasteiger partial charge in [-0.1, -0.05) is 0 Å². The van der Waals surface area contributed by atoms with Gasteiger partial charge < -0.3 is 11.5 Å². The van der Waals surface area contributed by atoms with Gasteiger partial charge in [-0.25, -0.2) is 4.98 Å². The van der Waals surface area contributed by atoms with Crippen molar-refractivity contribution in [3.8, 4) is 12.3 Å². The second-order valence-electron chi connectivity index (χ2n) is 2.82. The summed E-state index contributed by atoms with van der Waals surface area (Å²) in [5.74, 6) is 2.25. The number of aromatic nitrogens is 1. The van der Waals surface area contributed by atoms with Crippen LogP contribution in [0.3, 0.4) is 0 Å². The van der Waals surface area contributed by atoms with E-state index in [-0.39, 0.29) is 18.0 Å². The Bertz CT molecular complexity index is 381. The molecule has 14 heavy (non-hydrogen) atoms. The third-order valence-electron chi connectivity index (χ3n) is 1.78. The molecule has 0 aliphatic heterocycles. The normalized spacial score (nSPS) is 11.7. The van der Waals surface area contributed by atoms with Crippen LogP contribution in [0.1, 0.15) is 16.8 Å². The summed E-state index contributed by atoms with van der Waals surface area (Å²) >= 11 is 0. The number of carbonyl (C=O) groups excluding carboxylic acids is 1. The predicted octanol–water partition coefficient (Wildman–Crippen LogP) is 0.197. The van der Waals surface area contributed by atoms with Gasteiger partial charge in [0.25, 0.3) is 0 Å². The van der Waals surface area contributed by atoms with Gasteiger partial charge in [0.05, 0.1) is 11.6 Å². The number of anilines is 1. The molecule has 4 N–H and O–H groups in total. The van der Waals surface area contributed by atoms with Crippen molar-refractivity contribution in [3.05, 3.63) is 23.9 Å².